The van der Waals surface area contributed by atoms with E-state index in [9.17, 15) is 29.7 Å². The lowest BCUT2D eigenvalue weighted by molar-refractivity contribution is 0.0555. The van der Waals surface area contributed by atoms with Gasteiger partial charge in [-0.3, -0.25) is 0 Å². The van der Waals surface area contributed by atoms with E-state index in [2.05, 4.69) is 9.47 Å². The topological polar surface area (TPSA) is 153 Å². The summed E-state index contributed by atoms with van der Waals surface area (Å²) in [6, 6.07) is 8.33. The summed E-state index contributed by atoms with van der Waals surface area (Å²) in [6.07, 6.45) is 0. The van der Waals surface area contributed by atoms with Crippen LogP contribution in [0.25, 0.3) is 11.1 Å². The monoisotopic (exact) mass is 436 g/mol. The lowest BCUT2D eigenvalue weighted by atomic mass is 9.89. The van der Waals surface area contributed by atoms with E-state index in [-0.39, 0.29) is 44.5 Å². The summed E-state index contributed by atoms with van der Waals surface area (Å²) in [4.78, 5) is 48.8. The number of nitrogens with zero attached hydrogens (tertiary/aromatic N) is 2. The minimum Gasteiger partial charge on any atom is -0.465 e. The van der Waals surface area contributed by atoms with E-state index in [1.54, 1.807) is 0 Å². The van der Waals surface area contributed by atoms with Crippen LogP contribution >= 0.6 is 0 Å². The summed E-state index contributed by atoms with van der Waals surface area (Å²) < 4.78 is 18.7. The first-order valence-electron chi connectivity index (χ1n) is 8.77. The standard InChI is InChI=1S/C22H16N2O8/c1-29-19(25)15-5-11(9-23)13(7-17(15)21(27)31-3)14-8-18(22(28)32-4)16(20(26)30-2)6-12(14)10-24/h5-8H,1-4H3. The molecule has 2 aromatic rings. The fourth-order valence-electron chi connectivity index (χ4n) is 2.95. The third kappa shape index (κ3) is 4.25. The number of benzene rings is 2. The zero-order chi connectivity index (χ0) is 24.0. The first kappa shape index (κ1) is 23.6. The van der Waals surface area contributed by atoms with Gasteiger partial charge in [0.1, 0.15) is 0 Å². The molecule has 0 heterocycles. The van der Waals surface area contributed by atoms with Crippen molar-refractivity contribution in [2.75, 3.05) is 28.4 Å². The minimum absolute atomic E-state index is 0.0404. The average molecular weight is 436 g/mol. The number of methoxy groups -OCH3 is 4. The highest BCUT2D eigenvalue weighted by Crippen LogP contribution is 2.33. The Morgan fingerprint density at radius 2 is 0.812 bits per heavy atom. The van der Waals surface area contributed by atoms with E-state index in [4.69, 9.17) is 9.47 Å². The maximum absolute atomic E-state index is 12.3. The van der Waals surface area contributed by atoms with Crippen LogP contribution in [0.1, 0.15) is 52.6 Å². The number of nitriles is 2. The highest BCUT2D eigenvalue weighted by molar-refractivity contribution is 6.07. The lowest BCUT2D eigenvalue weighted by Gasteiger charge is -2.15. The van der Waals surface area contributed by atoms with Crippen LogP contribution in [-0.2, 0) is 18.9 Å². The normalized spacial score (nSPS) is 9.69. The van der Waals surface area contributed by atoms with Gasteiger partial charge in [0.15, 0.2) is 0 Å². The second kappa shape index (κ2) is 9.87. The molecule has 0 radical (unpaired) electrons. The van der Waals surface area contributed by atoms with Gasteiger partial charge in [0, 0.05) is 11.1 Å². The molecule has 2 rings (SSSR count). The van der Waals surface area contributed by atoms with E-state index in [1.165, 1.54) is 12.1 Å². The van der Waals surface area contributed by atoms with Crippen molar-refractivity contribution in [1.82, 2.24) is 0 Å². The molecule has 2 aromatic carbocycles. The quantitative estimate of drug-likeness (QED) is 0.503. The Morgan fingerprint density at radius 1 is 0.562 bits per heavy atom. The number of hydrogen-bond acceptors (Lipinski definition) is 10. The van der Waals surface area contributed by atoms with E-state index in [0.29, 0.717) is 0 Å². The maximum Gasteiger partial charge on any atom is 0.338 e. The highest BCUT2D eigenvalue weighted by Gasteiger charge is 2.26. The number of rotatable bonds is 5. The lowest BCUT2D eigenvalue weighted by Crippen LogP contribution is -2.14. The number of esters is 4. The van der Waals surface area contributed by atoms with Crippen LogP contribution < -0.4 is 0 Å². The number of carbonyl (C=O) groups is 4. The van der Waals surface area contributed by atoms with Gasteiger partial charge in [-0.25, -0.2) is 19.2 Å². The molecule has 10 nitrogen and oxygen atoms in total. The van der Waals surface area contributed by atoms with E-state index >= 15 is 0 Å². The second-order valence-corrected chi connectivity index (χ2v) is 6.08. The molecule has 0 aromatic heterocycles. The minimum atomic E-state index is -0.894. The molecule has 0 saturated carbocycles. The first-order valence-corrected chi connectivity index (χ1v) is 8.77. The van der Waals surface area contributed by atoms with Crippen molar-refractivity contribution in [3.63, 3.8) is 0 Å². The third-order valence-corrected chi connectivity index (χ3v) is 4.47. The average Bonchev–Trinajstić information content (AvgIpc) is 2.84. The number of hydrogen-bond donors (Lipinski definition) is 0. The number of carbonyl (C=O) groups excluding carboxylic acids is 4. The smallest absolute Gasteiger partial charge is 0.338 e. The largest absolute Gasteiger partial charge is 0.465 e. The van der Waals surface area contributed by atoms with Gasteiger partial charge in [0.05, 0.1) is 74.0 Å². The molecule has 0 aliphatic heterocycles. The zero-order valence-electron chi connectivity index (χ0n) is 17.5. The molecule has 0 aliphatic carbocycles. The summed E-state index contributed by atoms with van der Waals surface area (Å²) in [5.41, 5.74) is -1.03. The van der Waals surface area contributed by atoms with Crippen LogP contribution in [0, 0.1) is 22.7 Å². The van der Waals surface area contributed by atoms with Crippen LogP contribution in [-0.4, -0.2) is 52.3 Å². The van der Waals surface area contributed by atoms with E-state index < -0.39 is 23.9 Å². The van der Waals surface area contributed by atoms with Crippen LogP contribution in [0.4, 0.5) is 0 Å². The Balaban J connectivity index is 2.98. The zero-order valence-corrected chi connectivity index (χ0v) is 17.5. The SMILES string of the molecule is COC(=O)c1cc(C#N)c(-c2cc(C(=O)OC)c(C(=O)OC)cc2C#N)cc1C(=O)OC. The van der Waals surface area contributed by atoms with Crippen molar-refractivity contribution >= 4 is 23.9 Å². The van der Waals surface area contributed by atoms with Crippen LogP contribution in [0.2, 0.25) is 0 Å². The molecule has 10 heteroatoms. The number of ether oxygens (including phenoxy) is 4. The molecule has 0 bridgehead atoms. The van der Waals surface area contributed by atoms with Gasteiger partial charge in [0.25, 0.3) is 0 Å². The van der Waals surface area contributed by atoms with E-state index in [0.717, 1.165) is 40.6 Å². The molecule has 0 saturated heterocycles. The maximum atomic E-state index is 12.3. The molecule has 0 fully saturated rings. The molecule has 162 valence electrons. The Hall–Kier alpha value is -4.70. The Bertz CT molecular complexity index is 1120. The molecule has 0 aliphatic rings. The van der Waals surface area contributed by atoms with Gasteiger partial charge in [0.2, 0.25) is 0 Å². The molecule has 0 spiro atoms. The van der Waals surface area contributed by atoms with Gasteiger partial charge >= 0.3 is 23.9 Å². The summed E-state index contributed by atoms with van der Waals surface area (Å²) in [5, 5.41) is 19.3. The molecule has 32 heavy (non-hydrogen) atoms. The molecule has 0 atom stereocenters. The third-order valence-electron chi connectivity index (χ3n) is 4.47. The van der Waals surface area contributed by atoms with Crippen LogP contribution in [0.5, 0.6) is 0 Å². The molecular formula is C22H16N2O8. The molecule has 0 amide bonds. The van der Waals surface area contributed by atoms with Gasteiger partial charge in [-0.15, -0.1) is 0 Å². The van der Waals surface area contributed by atoms with Crippen molar-refractivity contribution in [2.24, 2.45) is 0 Å². The van der Waals surface area contributed by atoms with Crippen LogP contribution in [0.3, 0.4) is 0 Å². The summed E-state index contributed by atoms with van der Waals surface area (Å²) in [7, 11) is 4.40. The fraction of sp³-hybridized carbons (Fsp3) is 0.182. The van der Waals surface area contributed by atoms with Crippen molar-refractivity contribution < 1.29 is 38.1 Å². The first-order chi connectivity index (χ1) is 15.3. The Morgan fingerprint density at radius 3 is 1.03 bits per heavy atom. The fourth-order valence-corrected chi connectivity index (χ4v) is 2.95. The predicted octanol–water partition coefficient (Wildman–Crippen LogP) is 2.24. The summed E-state index contributed by atoms with van der Waals surface area (Å²) >= 11 is 0. The van der Waals surface area contributed by atoms with Gasteiger partial charge in [-0.2, -0.15) is 10.5 Å². The van der Waals surface area contributed by atoms with Crippen molar-refractivity contribution in [2.45, 2.75) is 0 Å². The van der Waals surface area contributed by atoms with Gasteiger partial charge < -0.3 is 18.9 Å². The van der Waals surface area contributed by atoms with Crippen molar-refractivity contribution in [3.8, 4) is 23.3 Å². The van der Waals surface area contributed by atoms with Crippen molar-refractivity contribution in [1.29, 1.82) is 10.5 Å². The second-order valence-electron chi connectivity index (χ2n) is 6.08. The Labute approximate surface area is 182 Å². The Kier molecular flexibility index (Phi) is 7.27. The van der Waals surface area contributed by atoms with Crippen LogP contribution in [0.15, 0.2) is 24.3 Å². The van der Waals surface area contributed by atoms with Gasteiger partial charge in [-0.1, -0.05) is 0 Å². The van der Waals surface area contributed by atoms with Crippen molar-refractivity contribution in [3.05, 3.63) is 57.6 Å². The molecular weight excluding hydrogens is 420 g/mol. The van der Waals surface area contributed by atoms with Gasteiger partial charge in [-0.05, 0) is 24.3 Å². The summed E-state index contributed by atoms with van der Waals surface area (Å²) in [6.45, 7) is 0. The summed E-state index contributed by atoms with van der Waals surface area (Å²) in [5.74, 6) is -3.56. The van der Waals surface area contributed by atoms with E-state index in [1.807, 2.05) is 12.1 Å². The molecule has 0 N–H and O–H groups in total. The molecule has 0 unspecified atom stereocenters. The highest BCUT2D eigenvalue weighted by atomic mass is 16.5. The predicted molar refractivity (Wildman–Crippen MR) is 107 cm³/mol.